The van der Waals surface area contributed by atoms with Crippen LogP contribution in [0.25, 0.3) is 0 Å². The molecule has 3 nitrogen and oxygen atoms in total. The maximum absolute atomic E-state index is 12.0. The predicted octanol–water partition coefficient (Wildman–Crippen LogP) is 3.75. The van der Waals surface area contributed by atoms with Gasteiger partial charge in [0.15, 0.2) is 0 Å². The van der Waals surface area contributed by atoms with Crippen molar-refractivity contribution in [3.63, 3.8) is 0 Å². The lowest BCUT2D eigenvalue weighted by Crippen LogP contribution is -2.28. The monoisotopic (exact) mass is 289 g/mol. The summed E-state index contributed by atoms with van der Waals surface area (Å²) in [4.78, 5) is 11.8. The van der Waals surface area contributed by atoms with Gasteiger partial charge in [-0.25, -0.2) is 0 Å². The zero-order valence-electron chi connectivity index (χ0n) is 11.5. The lowest BCUT2D eigenvalue weighted by atomic mass is 10.0. The molecule has 1 aromatic carbocycles. The third kappa shape index (κ3) is 5.50. The van der Waals surface area contributed by atoms with Gasteiger partial charge in [0.1, 0.15) is 5.75 Å². The number of alkyl halides is 3. The predicted molar refractivity (Wildman–Crippen MR) is 69.5 cm³/mol. The van der Waals surface area contributed by atoms with Crippen molar-refractivity contribution in [2.24, 2.45) is 5.92 Å². The molecule has 0 spiro atoms. The molecule has 1 aromatic rings. The van der Waals surface area contributed by atoms with Gasteiger partial charge in [-0.2, -0.15) is 0 Å². The van der Waals surface area contributed by atoms with E-state index in [4.69, 9.17) is 0 Å². The fourth-order valence-corrected chi connectivity index (χ4v) is 1.72. The molecule has 20 heavy (non-hydrogen) atoms. The number of hydrogen-bond donors (Lipinski definition) is 1. The van der Waals surface area contributed by atoms with Crippen LogP contribution < -0.4 is 10.1 Å². The minimum absolute atomic E-state index is 0.296. The summed E-state index contributed by atoms with van der Waals surface area (Å²) in [6.07, 6.45) is -2.79. The van der Waals surface area contributed by atoms with Gasteiger partial charge in [-0.05, 0) is 30.2 Å². The zero-order valence-corrected chi connectivity index (χ0v) is 11.5. The van der Waals surface area contributed by atoms with E-state index in [0.717, 1.165) is 25.0 Å². The number of amides is 1. The average Bonchev–Trinajstić information content (AvgIpc) is 2.38. The van der Waals surface area contributed by atoms with Crippen LogP contribution in [0.5, 0.6) is 5.75 Å². The van der Waals surface area contributed by atoms with Gasteiger partial charge in [-0.15, -0.1) is 13.2 Å². The van der Waals surface area contributed by atoms with Crippen LogP contribution in [-0.2, 0) is 0 Å². The first-order valence-corrected chi connectivity index (χ1v) is 6.49. The highest BCUT2D eigenvalue weighted by atomic mass is 19.4. The second kappa shape index (κ2) is 7.17. The maximum Gasteiger partial charge on any atom is 0.573 e. The highest BCUT2D eigenvalue weighted by Gasteiger charge is 2.31. The summed E-state index contributed by atoms with van der Waals surface area (Å²) in [6.45, 7) is 4.65. The maximum atomic E-state index is 12.0. The number of hydrogen-bond acceptors (Lipinski definition) is 2. The summed E-state index contributed by atoms with van der Waals surface area (Å²) in [5.41, 5.74) is 0.311. The Hall–Kier alpha value is -1.72. The summed E-state index contributed by atoms with van der Waals surface area (Å²) in [7, 11) is 0. The Kier molecular flexibility index (Phi) is 5.85. The number of carbonyl (C=O) groups excluding carboxylic acids is 1. The molecule has 0 unspecified atom stereocenters. The van der Waals surface area contributed by atoms with Crippen LogP contribution in [0.3, 0.4) is 0 Å². The molecule has 1 rings (SSSR count). The van der Waals surface area contributed by atoms with E-state index in [1.54, 1.807) is 0 Å². The molecule has 0 bridgehead atoms. The topological polar surface area (TPSA) is 38.3 Å². The number of benzene rings is 1. The standard InChI is InChI=1S/C14H18F3NO2/c1-3-10(4-2)9-18-13(19)11-5-7-12(8-6-11)20-14(15,16)17/h5-8,10H,3-4,9H2,1-2H3,(H,18,19). The highest BCUT2D eigenvalue weighted by molar-refractivity contribution is 5.94. The smallest absolute Gasteiger partial charge is 0.406 e. The van der Waals surface area contributed by atoms with Gasteiger partial charge in [-0.3, -0.25) is 4.79 Å². The quantitative estimate of drug-likeness (QED) is 0.866. The van der Waals surface area contributed by atoms with Crippen LogP contribution in [-0.4, -0.2) is 18.8 Å². The summed E-state index contributed by atoms with van der Waals surface area (Å²) in [5, 5.41) is 2.77. The third-order valence-electron chi connectivity index (χ3n) is 3.06. The Morgan fingerprint density at radius 3 is 2.20 bits per heavy atom. The van der Waals surface area contributed by atoms with Gasteiger partial charge >= 0.3 is 6.36 Å². The van der Waals surface area contributed by atoms with Gasteiger partial charge in [0.25, 0.3) is 5.91 Å². The van der Waals surface area contributed by atoms with Crippen molar-refractivity contribution in [1.82, 2.24) is 5.32 Å². The SMILES string of the molecule is CCC(CC)CNC(=O)c1ccc(OC(F)(F)F)cc1. The first kappa shape index (κ1) is 16.3. The van der Waals surface area contributed by atoms with E-state index in [1.165, 1.54) is 12.1 Å². The van der Waals surface area contributed by atoms with E-state index in [9.17, 15) is 18.0 Å². The van der Waals surface area contributed by atoms with Gasteiger partial charge in [-0.1, -0.05) is 26.7 Å². The molecule has 0 aliphatic carbocycles. The van der Waals surface area contributed by atoms with Crippen molar-refractivity contribution >= 4 is 5.91 Å². The number of carbonyl (C=O) groups is 1. The fraction of sp³-hybridized carbons (Fsp3) is 0.500. The van der Waals surface area contributed by atoms with E-state index in [1.807, 2.05) is 13.8 Å². The lowest BCUT2D eigenvalue weighted by molar-refractivity contribution is -0.274. The zero-order chi connectivity index (χ0) is 15.2. The van der Waals surface area contributed by atoms with E-state index in [-0.39, 0.29) is 11.7 Å². The van der Waals surface area contributed by atoms with Gasteiger partial charge < -0.3 is 10.1 Å². The molecule has 1 N–H and O–H groups in total. The van der Waals surface area contributed by atoms with Crippen LogP contribution in [0.15, 0.2) is 24.3 Å². The second-order valence-electron chi connectivity index (χ2n) is 4.46. The number of ether oxygens (including phenoxy) is 1. The molecule has 0 aromatic heterocycles. The van der Waals surface area contributed by atoms with Crippen molar-refractivity contribution in [2.75, 3.05) is 6.54 Å². The van der Waals surface area contributed by atoms with E-state index < -0.39 is 6.36 Å². The molecule has 6 heteroatoms. The lowest BCUT2D eigenvalue weighted by Gasteiger charge is -2.13. The first-order valence-electron chi connectivity index (χ1n) is 6.49. The summed E-state index contributed by atoms with van der Waals surface area (Å²) in [6, 6.07) is 4.87. The molecule has 0 atom stereocenters. The summed E-state index contributed by atoms with van der Waals surface area (Å²) >= 11 is 0. The Bertz CT molecular complexity index is 425. The second-order valence-corrected chi connectivity index (χ2v) is 4.46. The van der Waals surface area contributed by atoms with Crippen molar-refractivity contribution < 1.29 is 22.7 Å². The van der Waals surface area contributed by atoms with Crippen molar-refractivity contribution in [3.05, 3.63) is 29.8 Å². The van der Waals surface area contributed by atoms with Crippen LogP contribution in [0.4, 0.5) is 13.2 Å². The minimum Gasteiger partial charge on any atom is -0.406 e. The molecular weight excluding hydrogens is 271 g/mol. The van der Waals surface area contributed by atoms with Gasteiger partial charge in [0.05, 0.1) is 0 Å². The normalized spacial score (nSPS) is 11.5. The van der Waals surface area contributed by atoms with Gasteiger partial charge in [0.2, 0.25) is 0 Å². The number of rotatable bonds is 6. The molecule has 112 valence electrons. The molecule has 0 aliphatic rings. The Labute approximate surface area is 116 Å². The van der Waals surface area contributed by atoms with Gasteiger partial charge in [0, 0.05) is 12.1 Å². The molecule has 0 saturated carbocycles. The largest absolute Gasteiger partial charge is 0.573 e. The van der Waals surface area contributed by atoms with E-state index in [2.05, 4.69) is 10.1 Å². The van der Waals surface area contributed by atoms with Crippen LogP contribution in [0, 0.1) is 5.92 Å². The molecule has 1 amide bonds. The van der Waals surface area contributed by atoms with Crippen LogP contribution in [0.1, 0.15) is 37.0 Å². The highest BCUT2D eigenvalue weighted by Crippen LogP contribution is 2.22. The number of halogens is 3. The summed E-state index contributed by atoms with van der Waals surface area (Å²) < 4.78 is 39.7. The molecular formula is C14H18F3NO2. The number of nitrogens with one attached hydrogen (secondary N) is 1. The molecule has 0 aliphatic heterocycles. The molecule has 0 fully saturated rings. The Balaban J connectivity index is 2.57. The third-order valence-corrected chi connectivity index (χ3v) is 3.06. The summed E-state index contributed by atoms with van der Waals surface area (Å²) in [5.74, 6) is -0.226. The first-order chi connectivity index (χ1) is 9.35. The average molecular weight is 289 g/mol. The van der Waals surface area contributed by atoms with Crippen LogP contribution >= 0.6 is 0 Å². The Morgan fingerprint density at radius 1 is 1.20 bits per heavy atom. The molecule has 0 saturated heterocycles. The van der Waals surface area contributed by atoms with Crippen molar-refractivity contribution in [1.29, 1.82) is 0 Å². The Morgan fingerprint density at radius 2 is 1.75 bits per heavy atom. The minimum atomic E-state index is -4.72. The van der Waals surface area contributed by atoms with Crippen molar-refractivity contribution in [3.8, 4) is 5.75 Å². The molecule has 0 radical (unpaired) electrons. The van der Waals surface area contributed by atoms with Crippen LogP contribution in [0.2, 0.25) is 0 Å². The van der Waals surface area contributed by atoms with Crippen molar-refractivity contribution in [2.45, 2.75) is 33.1 Å². The fourth-order valence-electron chi connectivity index (χ4n) is 1.72. The van der Waals surface area contributed by atoms with E-state index >= 15 is 0 Å². The molecule has 0 heterocycles. The van der Waals surface area contributed by atoms with E-state index in [0.29, 0.717) is 18.0 Å².